The maximum absolute atomic E-state index is 13.0. The lowest BCUT2D eigenvalue weighted by Gasteiger charge is -2.14. The van der Waals surface area contributed by atoms with Gasteiger partial charge in [-0.05, 0) is 37.7 Å². The van der Waals surface area contributed by atoms with Gasteiger partial charge in [-0.25, -0.2) is 17.5 Å². The highest BCUT2D eigenvalue weighted by Crippen LogP contribution is 2.31. The van der Waals surface area contributed by atoms with Crippen molar-refractivity contribution in [2.24, 2.45) is 0 Å². The number of aromatic nitrogens is 2. The van der Waals surface area contributed by atoms with Crippen LogP contribution in [0.4, 0.5) is 4.39 Å². The van der Waals surface area contributed by atoms with E-state index in [0.717, 1.165) is 12.1 Å². The Kier molecular flexibility index (Phi) is 4.90. The molecule has 1 aliphatic heterocycles. The number of rotatable bonds is 5. The fourth-order valence-corrected chi connectivity index (χ4v) is 4.13. The van der Waals surface area contributed by atoms with Crippen LogP contribution in [0, 0.1) is 5.82 Å². The predicted molar refractivity (Wildman–Crippen MR) is 88.9 cm³/mol. The Hall–Kier alpha value is -1.84. The van der Waals surface area contributed by atoms with E-state index in [9.17, 15) is 12.8 Å². The van der Waals surface area contributed by atoms with Crippen molar-refractivity contribution >= 4 is 10.0 Å². The molecule has 1 aromatic carbocycles. The molecule has 2 heterocycles. The third-order valence-corrected chi connectivity index (χ3v) is 5.79. The van der Waals surface area contributed by atoms with Crippen LogP contribution in [-0.4, -0.2) is 43.1 Å². The molecule has 3 rings (SSSR count). The molecule has 0 saturated carbocycles. The van der Waals surface area contributed by atoms with Gasteiger partial charge in [-0.2, -0.15) is 4.98 Å². The van der Waals surface area contributed by atoms with E-state index in [4.69, 9.17) is 4.52 Å². The van der Waals surface area contributed by atoms with E-state index in [1.54, 1.807) is 0 Å². The van der Waals surface area contributed by atoms with Crippen molar-refractivity contribution in [1.29, 1.82) is 0 Å². The highest BCUT2D eigenvalue weighted by Gasteiger charge is 2.36. The Bertz CT molecular complexity index is 835. The molecule has 0 spiro atoms. The Balaban J connectivity index is 1.71. The van der Waals surface area contributed by atoms with E-state index in [1.807, 2.05) is 25.8 Å². The molecule has 136 valence electrons. The van der Waals surface area contributed by atoms with Gasteiger partial charge in [0.25, 0.3) is 0 Å². The number of hydrogen-bond donors (Lipinski definition) is 1. The minimum Gasteiger partial charge on any atom is -0.338 e. The Labute approximate surface area is 146 Å². The van der Waals surface area contributed by atoms with E-state index in [-0.39, 0.29) is 22.9 Å². The molecular formula is C16H21FN4O3S. The van der Waals surface area contributed by atoms with E-state index >= 15 is 0 Å². The number of likely N-dealkylation sites (tertiary alicyclic amines) is 1. The zero-order valence-corrected chi connectivity index (χ0v) is 15.1. The molecule has 0 bridgehead atoms. The molecule has 1 fully saturated rings. The van der Waals surface area contributed by atoms with Gasteiger partial charge in [-0.1, -0.05) is 19.0 Å². The molecule has 0 amide bonds. The SMILES string of the molecule is CC(C)c1noc(C2CC(NS(=O)(=O)c3ccc(F)cc3)CN2C)n1. The summed E-state index contributed by atoms with van der Waals surface area (Å²) in [7, 11) is -1.82. The second-order valence-corrected chi connectivity index (χ2v) is 8.32. The molecule has 1 saturated heterocycles. The van der Waals surface area contributed by atoms with E-state index < -0.39 is 15.8 Å². The third-order valence-electron chi connectivity index (χ3n) is 4.25. The summed E-state index contributed by atoms with van der Waals surface area (Å²) in [6.45, 7) is 4.48. The third kappa shape index (κ3) is 3.88. The first-order chi connectivity index (χ1) is 11.8. The molecule has 25 heavy (non-hydrogen) atoms. The molecule has 9 heteroatoms. The normalized spacial score (nSPS) is 22.0. The van der Waals surface area contributed by atoms with Crippen molar-refractivity contribution in [1.82, 2.24) is 19.8 Å². The number of nitrogens with one attached hydrogen (secondary N) is 1. The molecule has 1 N–H and O–H groups in total. The number of hydrogen-bond acceptors (Lipinski definition) is 6. The zero-order valence-electron chi connectivity index (χ0n) is 14.3. The van der Waals surface area contributed by atoms with Crippen LogP contribution in [0.15, 0.2) is 33.7 Å². The van der Waals surface area contributed by atoms with Crippen LogP contribution in [0.5, 0.6) is 0 Å². The highest BCUT2D eigenvalue weighted by molar-refractivity contribution is 7.89. The van der Waals surface area contributed by atoms with Crippen molar-refractivity contribution in [3.8, 4) is 0 Å². The van der Waals surface area contributed by atoms with Crippen LogP contribution in [0.2, 0.25) is 0 Å². The Morgan fingerprint density at radius 2 is 2.00 bits per heavy atom. The zero-order chi connectivity index (χ0) is 18.2. The summed E-state index contributed by atoms with van der Waals surface area (Å²) in [6, 6.07) is 4.33. The van der Waals surface area contributed by atoms with Gasteiger partial charge < -0.3 is 4.52 Å². The average Bonchev–Trinajstić information content (AvgIpc) is 3.14. The average molecular weight is 368 g/mol. The van der Waals surface area contributed by atoms with Crippen molar-refractivity contribution < 1.29 is 17.3 Å². The second-order valence-electron chi connectivity index (χ2n) is 6.61. The van der Waals surface area contributed by atoms with Gasteiger partial charge in [0.1, 0.15) is 5.82 Å². The van der Waals surface area contributed by atoms with Crippen LogP contribution in [-0.2, 0) is 10.0 Å². The summed E-state index contributed by atoms with van der Waals surface area (Å²) in [4.78, 5) is 6.43. The van der Waals surface area contributed by atoms with Gasteiger partial charge in [-0.3, -0.25) is 4.90 Å². The lowest BCUT2D eigenvalue weighted by molar-refractivity contribution is 0.244. The lowest BCUT2D eigenvalue weighted by atomic mass is 10.2. The maximum atomic E-state index is 13.0. The molecule has 7 nitrogen and oxygen atoms in total. The summed E-state index contributed by atoms with van der Waals surface area (Å²) in [5.41, 5.74) is 0. The summed E-state index contributed by atoms with van der Waals surface area (Å²) in [6.07, 6.45) is 0.524. The Morgan fingerprint density at radius 3 is 2.60 bits per heavy atom. The molecule has 2 aromatic rings. The fraction of sp³-hybridized carbons (Fsp3) is 0.500. The van der Waals surface area contributed by atoms with Gasteiger partial charge >= 0.3 is 0 Å². The van der Waals surface area contributed by atoms with Crippen molar-refractivity contribution in [3.05, 3.63) is 41.8 Å². The molecule has 2 unspecified atom stereocenters. The molecule has 2 atom stereocenters. The summed E-state index contributed by atoms with van der Waals surface area (Å²) < 4.78 is 45.9. The van der Waals surface area contributed by atoms with Crippen LogP contribution in [0.25, 0.3) is 0 Å². The molecule has 1 aromatic heterocycles. The van der Waals surface area contributed by atoms with Crippen molar-refractivity contribution in [2.45, 2.75) is 43.2 Å². The van der Waals surface area contributed by atoms with Crippen LogP contribution >= 0.6 is 0 Å². The summed E-state index contributed by atoms with van der Waals surface area (Å²) >= 11 is 0. The Morgan fingerprint density at radius 1 is 1.32 bits per heavy atom. The highest BCUT2D eigenvalue weighted by atomic mass is 32.2. The first kappa shape index (κ1) is 18.0. The number of nitrogens with zero attached hydrogens (tertiary/aromatic N) is 3. The maximum Gasteiger partial charge on any atom is 0.244 e. The van der Waals surface area contributed by atoms with E-state index in [0.29, 0.717) is 24.7 Å². The van der Waals surface area contributed by atoms with Gasteiger partial charge in [0.05, 0.1) is 10.9 Å². The largest absolute Gasteiger partial charge is 0.338 e. The molecular weight excluding hydrogens is 347 g/mol. The number of sulfonamides is 1. The van der Waals surface area contributed by atoms with Gasteiger partial charge in [0, 0.05) is 18.5 Å². The standard InChI is InChI=1S/C16H21FN4O3S/c1-10(2)15-18-16(24-19-15)14-8-12(9-21(14)3)20-25(22,23)13-6-4-11(17)5-7-13/h4-7,10,12,14,20H,8-9H2,1-3H3. The smallest absolute Gasteiger partial charge is 0.244 e. The monoisotopic (exact) mass is 368 g/mol. The van der Waals surface area contributed by atoms with Crippen LogP contribution in [0.3, 0.4) is 0 Å². The van der Waals surface area contributed by atoms with Gasteiger partial charge in [0.15, 0.2) is 5.82 Å². The summed E-state index contributed by atoms with van der Waals surface area (Å²) in [5, 5.41) is 3.96. The molecule has 0 radical (unpaired) electrons. The van der Waals surface area contributed by atoms with Crippen LogP contribution in [0.1, 0.15) is 43.9 Å². The topological polar surface area (TPSA) is 88.3 Å². The van der Waals surface area contributed by atoms with Crippen molar-refractivity contribution in [3.63, 3.8) is 0 Å². The fourth-order valence-electron chi connectivity index (χ4n) is 2.89. The number of halogens is 1. The first-order valence-electron chi connectivity index (χ1n) is 8.08. The quantitative estimate of drug-likeness (QED) is 0.869. The minimum absolute atomic E-state index is 0.0416. The van der Waals surface area contributed by atoms with Crippen molar-refractivity contribution in [2.75, 3.05) is 13.6 Å². The van der Waals surface area contributed by atoms with Gasteiger partial charge in [0.2, 0.25) is 15.9 Å². The lowest BCUT2D eigenvalue weighted by Crippen LogP contribution is -2.36. The van der Waals surface area contributed by atoms with E-state index in [1.165, 1.54) is 12.1 Å². The van der Waals surface area contributed by atoms with Gasteiger partial charge in [-0.15, -0.1) is 0 Å². The van der Waals surface area contributed by atoms with E-state index in [2.05, 4.69) is 14.9 Å². The number of likely N-dealkylation sites (N-methyl/N-ethyl adjacent to an activating group) is 1. The molecule has 1 aliphatic rings. The minimum atomic E-state index is -3.71. The number of benzene rings is 1. The molecule has 0 aliphatic carbocycles. The van der Waals surface area contributed by atoms with Crippen LogP contribution < -0.4 is 4.72 Å². The first-order valence-corrected chi connectivity index (χ1v) is 9.56. The second kappa shape index (κ2) is 6.81. The predicted octanol–water partition coefficient (Wildman–Crippen LogP) is 2.06. The summed E-state index contributed by atoms with van der Waals surface area (Å²) in [5.74, 6) is 0.822.